The number of para-hydroxylation sites is 4. The second-order valence-corrected chi connectivity index (χ2v) is 15.4. The number of aryl methyl sites for hydroxylation is 2. The van der Waals surface area contributed by atoms with E-state index in [2.05, 4.69) is 119 Å². The van der Waals surface area contributed by atoms with Gasteiger partial charge in [0.2, 0.25) is 0 Å². The summed E-state index contributed by atoms with van der Waals surface area (Å²) in [5, 5.41) is 9.75. The molecule has 0 radical (unpaired) electrons. The van der Waals surface area contributed by atoms with Gasteiger partial charge in [-0.15, -0.1) is 45.9 Å². The summed E-state index contributed by atoms with van der Waals surface area (Å²) >= 11 is 13.1. The molecule has 0 amide bonds. The Morgan fingerprint density at radius 3 is 1.36 bits per heavy atom. The third-order valence-corrected chi connectivity index (χ3v) is 10.5. The van der Waals surface area contributed by atoms with Crippen molar-refractivity contribution in [1.82, 2.24) is 19.6 Å². The molecule has 0 bridgehead atoms. The van der Waals surface area contributed by atoms with E-state index in [9.17, 15) is 0 Å². The minimum atomic E-state index is 0.194. The van der Waals surface area contributed by atoms with Crippen molar-refractivity contribution < 1.29 is 0 Å². The molecule has 0 unspecified atom stereocenters. The van der Waals surface area contributed by atoms with Crippen LogP contribution in [-0.4, -0.2) is 103 Å². The number of hydrogen-bond donors (Lipinski definition) is 2. The highest BCUT2D eigenvalue weighted by Gasteiger charge is 2.27. The summed E-state index contributed by atoms with van der Waals surface area (Å²) in [5.41, 5.74) is 6.71. The van der Waals surface area contributed by atoms with Crippen molar-refractivity contribution in [2.45, 2.75) is 13.8 Å². The van der Waals surface area contributed by atoms with Crippen LogP contribution in [-0.2, 0) is 0 Å². The van der Waals surface area contributed by atoms with Crippen molar-refractivity contribution in [3.05, 3.63) is 81.5 Å². The average molecular weight is 710 g/mol. The standard InChI is InChI=1S/2C17H20N4S.CH2Cl2/c2*1-12-11-13-16(21-9-7-20(2)8-10-21)18-14-5-3-4-6-15(14)19-17(13)22-12;2-1-3/h2*3-6,11,19H,7-10H2,1-2H3;1H2. The number of fused-ring (bicyclic) bond motifs is 4. The number of amidine groups is 2. The number of piperazine rings is 2. The van der Waals surface area contributed by atoms with E-state index in [1.807, 2.05) is 0 Å². The lowest BCUT2D eigenvalue weighted by molar-refractivity contribution is 0.216. The zero-order chi connectivity index (χ0) is 32.9. The van der Waals surface area contributed by atoms with E-state index in [0.717, 1.165) is 86.8 Å². The van der Waals surface area contributed by atoms with E-state index in [1.54, 1.807) is 22.7 Å². The van der Waals surface area contributed by atoms with Crippen molar-refractivity contribution >= 4 is 90.3 Å². The molecule has 2 aromatic carbocycles. The van der Waals surface area contributed by atoms with Gasteiger partial charge in [-0.05, 0) is 64.3 Å². The molecule has 8 rings (SSSR count). The minimum absolute atomic E-state index is 0.194. The van der Waals surface area contributed by atoms with Gasteiger partial charge in [0.15, 0.2) is 0 Å². The monoisotopic (exact) mass is 708 g/mol. The highest BCUT2D eigenvalue weighted by molar-refractivity contribution is 7.17. The van der Waals surface area contributed by atoms with Gasteiger partial charge in [0, 0.05) is 62.1 Å². The Bertz CT molecular complexity index is 1610. The lowest BCUT2D eigenvalue weighted by Gasteiger charge is -2.34. The van der Waals surface area contributed by atoms with Gasteiger partial charge < -0.3 is 30.2 Å². The average Bonchev–Trinajstić information content (AvgIpc) is 3.52. The molecule has 0 saturated carbocycles. The maximum atomic E-state index is 5.01. The molecule has 6 heterocycles. The number of anilines is 4. The number of hydrogen-bond acceptors (Lipinski definition) is 10. The van der Waals surface area contributed by atoms with E-state index in [0.29, 0.717) is 0 Å². The molecule has 0 aliphatic carbocycles. The van der Waals surface area contributed by atoms with Crippen LogP contribution in [0.25, 0.3) is 0 Å². The molecule has 2 N–H and O–H groups in total. The second kappa shape index (κ2) is 15.4. The molecule has 4 aromatic rings. The van der Waals surface area contributed by atoms with Crippen LogP contribution in [0.1, 0.15) is 20.9 Å². The van der Waals surface area contributed by atoms with Crippen LogP contribution in [0.15, 0.2) is 70.6 Å². The molecule has 0 atom stereocenters. The predicted octanol–water partition coefficient (Wildman–Crippen LogP) is 8.30. The number of nitrogens with zero attached hydrogens (tertiary/aromatic N) is 6. The molecule has 47 heavy (non-hydrogen) atoms. The fourth-order valence-electron chi connectivity index (χ4n) is 6.01. The normalized spacial score (nSPS) is 17.3. The Hall–Kier alpha value is -3.12. The number of halogens is 2. The van der Waals surface area contributed by atoms with Crippen LogP contribution < -0.4 is 10.6 Å². The summed E-state index contributed by atoms with van der Waals surface area (Å²) in [6.45, 7) is 12.8. The first kappa shape index (κ1) is 33.8. The van der Waals surface area contributed by atoms with Crippen molar-refractivity contribution in [3.63, 3.8) is 0 Å². The highest BCUT2D eigenvalue weighted by atomic mass is 35.5. The van der Waals surface area contributed by atoms with Crippen molar-refractivity contribution in [3.8, 4) is 0 Å². The summed E-state index contributed by atoms with van der Waals surface area (Å²) in [6, 6.07) is 21.1. The molecule has 0 spiro atoms. The molecule has 4 aliphatic heterocycles. The van der Waals surface area contributed by atoms with Crippen molar-refractivity contribution in [1.29, 1.82) is 0 Å². The number of benzene rings is 2. The van der Waals surface area contributed by atoms with Gasteiger partial charge in [-0.25, -0.2) is 9.98 Å². The van der Waals surface area contributed by atoms with Gasteiger partial charge in [0.1, 0.15) is 21.7 Å². The maximum absolute atomic E-state index is 5.01. The van der Waals surface area contributed by atoms with Crippen LogP contribution in [0, 0.1) is 13.8 Å². The van der Waals surface area contributed by atoms with Crippen LogP contribution in [0.3, 0.4) is 0 Å². The number of nitrogens with one attached hydrogen (secondary N) is 2. The van der Waals surface area contributed by atoms with E-state index in [1.165, 1.54) is 30.9 Å². The van der Waals surface area contributed by atoms with Crippen LogP contribution in [0.4, 0.5) is 32.8 Å². The molecule has 2 fully saturated rings. The quantitative estimate of drug-likeness (QED) is 0.179. The maximum Gasteiger partial charge on any atom is 0.139 e. The summed E-state index contributed by atoms with van der Waals surface area (Å²) in [4.78, 5) is 22.3. The van der Waals surface area contributed by atoms with Gasteiger partial charge in [0.25, 0.3) is 0 Å². The van der Waals surface area contributed by atoms with Crippen molar-refractivity contribution in [2.75, 3.05) is 82.4 Å². The fourth-order valence-corrected chi connectivity index (χ4v) is 7.85. The van der Waals surface area contributed by atoms with Crippen LogP contribution in [0.5, 0.6) is 0 Å². The Labute approximate surface area is 296 Å². The fraction of sp³-hybridized carbons (Fsp3) is 0.371. The zero-order valence-corrected chi connectivity index (χ0v) is 30.5. The first-order valence-electron chi connectivity index (χ1n) is 15.9. The number of thiophene rings is 2. The van der Waals surface area contributed by atoms with Gasteiger partial charge in [-0.2, -0.15) is 0 Å². The first-order valence-corrected chi connectivity index (χ1v) is 18.6. The summed E-state index contributed by atoms with van der Waals surface area (Å²) in [6.07, 6.45) is 0. The molecule has 248 valence electrons. The third kappa shape index (κ3) is 7.96. The molecular weight excluding hydrogens is 667 g/mol. The Morgan fingerprint density at radius 1 is 0.617 bits per heavy atom. The van der Waals surface area contributed by atoms with Gasteiger partial charge in [-0.3, -0.25) is 0 Å². The minimum Gasteiger partial charge on any atom is -0.353 e. The highest BCUT2D eigenvalue weighted by Crippen LogP contribution is 2.40. The van der Waals surface area contributed by atoms with E-state index < -0.39 is 0 Å². The molecule has 4 aliphatic rings. The molecule has 8 nitrogen and oxygen atoms in total. The summed E-state index contributed by atoms with van der Waals surface area (Å²) in [5.74, 6) is 2.23. The lowest BCUT2D eigenvalue weighted by Crippen LogP contribution is -2.47. The first-order chi connectivity index (χ1) is 22.8. The van der Waals surface area contributed by atoms with E-state index in [4.69, 9.17) is 33.2 Å². The topological polar surface area (TPSA) is 61.7 Å². The number of alkyl halides is 2. The molecule has 12 heteroatoms. The van der Waals surface area contributed by atoms with E-state index in [-0.39, 0.29) is 5.34 Å². The lowest BCUT2D eigenvalue weighted by atomic mass is 10.2. The van der Waals surface area contributed by atoms with Crippen molar-refractivity contribution in [2.24, 2.45) is 9.98 Å². The Kier molecular flexibility index (Phi) is 11.1. The summed E-state index contributed by atoms with van der Waals surface area (Å²) < 4.78 is 0. The van der Waals surface area contributed by atoms with Gasteiger partial charge in [0.05, 0.1) is 39.2 Å². The number of rotatable bonds is 0. The van der Waals surface area contributed by atoms with E-state index >= 15 is 0 Å². The Morgan fingerprint density at radius 2 is 0.979 bits per heavy atom. The summed E-state index contributed by atoms with van der Waals surface area (Å²) in [7, 11) is 4.37. The number of aliphatic imine (C=N–C) groups is 2. The van der Waals surface area contributed by atoms with Gasteiger partial charge in [-0.1, -0.05) is 24.3 Å². The zero-order valence-electron chi connectivity index (χ0n) is 27.4. The molecule has 2 saturated heterocycles. The van der Waals surface area contributed by atoms with Crippen LogP contribution >= 0.6 is 45.9 Å². The molecule has 2 aromatic heterocycles. The van der Waals surface area contributed by atoms with Gasteiger partial charge >= 0.3 is 0 Å². The third-order valence-electron chi connectivity index (χ3n) is 8.56. The Balaban J connectivity index is 0.000000152. The predicted molar refractivity (Wildman–Crippen MR) is 205 cm³/mol. The smallest absolute Gasteiger partial charge is 0.139 e. The number of likely N-dealkylation sites (N-methyl/N-ethyl adjacent to an activating group) is 2. The molecular formula is C35H42Cl2N8S2. The SMILES string of the molecule is Cc1cc2c(s1)Nc1ccccc1N=C2N1CCN(C)CC1.Cc1cc2c(s1)Nc1ccccc1N=C2N1CCN(C)CC1.ClCCl. The second-order valence-electron chi connectivity index (χ2n) is 12.0. The largest absolute Gasteiger partial charge is 0.353 e. The van der Waals surface area contributed by atoms with Crippen LogP contribution in [0.2, 0.25) is 0 Å².